The van der Waals surface area contributed by atoms with Crippen molar-refractivity contribution in [2.45, 2.75) is 13.0 Å². The highest BCUT2D eigenvalue weighted by Crippen LogP contribution is 2.42. The maximum Gasteiger partial charge on any atom is 0.326 e. The minimum Gasteiger partial charge on any atom is -0.480 e. The summed E-state index contributed by atoms with van der Waals surface area (Å²) in [5, 5.41) is 15.1. The van der Waals surface area contributed by atoms with Gasteiger partial charge < -0.3 is 5.11 Å². The Kier molecular flexibility index (Phi) is 2.73. The van der Waals surface area contributed by atoms with Crippen molar-refractivity contribution in [1.29, 1.82) is 0 Å². The summed E-state index contributed by atoms with van der Waals surface area (Å²) in [6.45, 7) is 1.36. The molecule has 0 saturated heterocycles. The van der Waals surface area contributed by atoms with Crippen molar-refractivity contribution in [2.75, 3.05) is 0 Å². The number of rotatable bonds is 2. The predicted octanol–water partition coefficient (Wildman–Crippen LogP) is 3.34. The highest BCUT2D eigenvalue weighted by Gasteiger charge is 2.28. The third-order valence-electron chi connectivity index (χ3n) is 5.29. The second-order valence-corrected chi connectivity index (χ2v) is 6.59. The van der Waals surface area contributed by atoms with Crippen LogP contribution in [0.15, 0.2) is 58.1 Å². The summed E-state index contributed by atoms with van der Waals surface area (Å²) in [5.41, 5.74) is -1.06. The van der Waals surface area contributed by atoms with Gasteiger partial charge in [0.25, 0.3) is 11.1 Å². The molecule has 5 aromatic carbocycles. The molecule has 0 fully saturated rings. The van der Waals surface area contributed by atoms with Crippen molar-refractivity contribution in [3.05, 3.63) is 69.2 Å². The van der Waals surface area contributed by atoms with Crippen molar-refractivity contribution in [3.63, 3.8) is 0 Å². The molecule has 26 heavy (non-hydrogen) atoms. The van der Waals surface area contributed by atoms with Crippen LogP contribution in [0.2, 0.25) is 0 Å². The molecule has 0 aliphatic rings. The normalized spacial score (nSPS) is 13.3. The lowest BCUT2D eigenvalue weighted by Crippen LogP contribution is -2.32. The first-order valence-corrected chi connectivity index (χ1v) is 8.31. The van der Waals surface area contributed by atoms with Crippen LogP contribution in [0.4, 0.5) is 0 Å². The maximum absolute atomic E-state index is 13.1. The average molecular weight is 343 g/mol. The third-order valence-corrected chi connectivity index (χ3v) is 5.29. The smallest absolute Gasteiger partial charge is 0.326 e. The zero-order valence-corrected chi connectivity index (χ0v) is 13.8. The van der Waals surface area contributed by atoms with Gasteiger partial charge in [-0.2, -0.15) is 0 Å². The molecule has 5 heteroatoms. The molecule has 0 spiro atoms. The maximum atomic E-state index is 13.1. The Hall–Kier alpha value is -3.47. The van der Waals surface area contributed by atoms with E-state index in [0.29, 0.717) is 10.8 Å². The van der Waals surface area contributed by atoms with Gasteiger partial charge in [-0.3, -0.25) is 14.2 Å². The van der Waals surface area contributed by atoms with Crippen LogP contribution in [0, 0.1) is 0 Å². The van der Waals surface area contributed by atoms with E-state index in [1.54, 1.807) is 0 Å². The lowest BCUT2D eigenvalue weighted by molar-refractivity contribution is -0.140. The standard InChI is InChI=1S/C21H13NO4/c1-10(21(25)26)22-19(23)17-15-11-6-2-3-7-12(11)16(18(17)20(22)24)14-9-5-4-8-13(14)15/h2-10H,1H3,(H,25,26). The van der Waals surface area contributed by atoms with Gasteiger partial charge >= 0.3 is 5.97 Å². The Morgan fingerprint density at radius 2 is 1.12 bits per heavy atom. The number of aliphatic carboxylic acids is 1. The van der Waals surface area contributed by atoms with Crippen molar-refractivity contribution in [3.8, 4) is 0 Å². The van der Waals surface area contributed by atoms with Gasteiger partial charge in [-0.15, -0.1) is 0 Å². The van der Waals surface area contributed by atoms with Gasteiger partial charge in [-0.1, -0.05) is 48.5 Å². The minimum absolute atomic E-state index is 0.329. The topological polar surface area (TPSA) is 76.4 Å². The van der Waals surface area contributed by atoms with Crippen LogP contribution in [0.5, 0.6) is 0 Å². The van der Waals surface area contributed by atoms with E-state index in [-0.39, 0.29) is 0 Å². The van der Waals surface area contributed by atoms with Gasteiger partial charge in [-0.05, 0) is 28.5 Å². The van der Waals surface area contributed by atoms with Gasteiger partial charge in [-0.25, -0.2) is 4.79 Å². The van der Waals surface area contributed by atoms with Crippen molar-refractivity contribution in [2.24, 2.45) is 0 Å². The molecular weight excluding hydrogens is 330 g/mol. The summed E-state index contributed by atoms with van der Waals surface area (Å²) in [6.07, 6.45) is 0. The molecule has 0 aliphatic carbocycles. The summed E-state index contributed by atoms with van der Waals surface area (Å²) < 4.78 is 0.866. The molecule has 1 aromatic heterocycles. The van der Waals surface area contributed by atoms with Crippen LogP contribution >= 0.6 is 0 Å². The van der Waals surface area contributed by atoms with E-state index in [2.05, 4.69) is 0 Å². The zero-order chi connectivity index (χ0) is 18.2. The molecule has 1 unspecified atom stereocenters. The largest absolute Gasteiger partial charge is 0.480 e. The molecular formula is C21H13NO4. The predicted molar refractivity (Wildman–Crippen MR) is 102 cm³/mol. The van der Waals surface area contributed by atoms with Crippen molar-refractivity contribution in [1.82, 2.24) is 4.57 Å². The SMILES string of the molecule is CC(C(=O)O)n1c(=O)c2c(c1=O)c1c3ccccc3c2c2ccccc21. The summed E-state index contributed by atoms with van der Waals surface area (Å²) in [7, 11) is 0. The fourth-order valence-corrected chi connectivity index (χ4v) is 4.14. The Balaban J connectivity index is 2.21. The van der Waals surface area contributed by atoms with Crippen molar-refractivity contribution >= 4 is 49.1 Å². The van der Waals surface area contributed by atoms with Crippen molar-refractivity contribution < 1.29 is 9.90 Å². The monoisotopic (exact) mass is 343 g/mol. The molecule has 0 aliphatic heterocycles. The molecule has 0 saturated carbocycles. The first-order chi connectivity index (χ1) is 12.5. The number of carbonyl (C=O) groups is 1. The molecule has 0 amide bonds. The molecule has 6 aromatic rings. The van der Waals surface area contributed by atoms with Gasteiger partial charge in [0.15, 0.2) is 0 Å². The number of hydrogen-bond donors (Lipinski definition) is 1. The Bertz CT molecular complexity index is 1300. The lowest BCUT2D eigenvalue weighted by Gasteiger charge is -2.13. The molecule has 0 radical (unpaired) electrons. The lowest BCUT2D eigenvalue weighted by atomic mass is 9.88. The second-order valence-electron chi connectivity index (χ2n) is 6.59. The molecule has 6 rings (SSSR count). The minimum atomic E-state index is -1.22. The average Bonchev–Trinajstić information content (AvgIpc) is 2.92. The number of aromatic nitrogens is 1. The Labute approximate surface area is 146 Å². The fraction of sp³-hybridized carbons (Fsp3) is 0.0952. The van der Waals surface area contributed by atoms with Gasteiger partial charge in [0, 0.05) is 10.8 Å². The summed E-state index contributed by atoms with van der Waals surface area (Å²) in [6, 6.07) is 14.1. The quantitative estimate of drug-likeness (QED) is 0.499. The number of carboxylic acid groups (broad SMARTS) is 1. The van der Waals surface area contributed by atoms with E-state index < -0.39 is 23.1 Å². The Morgan fingerprint density at radius 3 is 1.42 bits per heavy atom. The zero-order valence-electron chi connectivity index (χ0n) is 13.8. The summed E-state index contributed by atoms with van der Waals surface area (Å²) in [4.78, 5) is 37.5. The first kappa shape index (κ1) is 14.8. The number of carboxylic acids is 1. The highest BCUT2D eigenvalue weighted by molar-refractivity contribution is 6.40. The number of nitrogens with zero attached hydrogens (tertiary/aromatic N) is 1. The van der Waals surface area contributed by atoms with E-state index in [1.807, 2.05) is 48.5 Å². The third kappa shape index (κ3) is 1.57. The van der Waals surface area contributed by atoms with E-state index in [1.165, 1.54) is 6.92 Å². The molecule has 1 N–H and O–H groups in total. The molecule has 2 bridgehead atoms. The fourth-order valence-electron chi connectivity index (χ4n) is 4.14. The molecule has 1 heterocycles. The van der Waals surface area contributed by atoms with Crippen LogP contribution in [0.25, 0.3) is 43.1 Å². The molecule has 126 valence electrons. The van der Waals surface area contributed by atoms with Gasteiger partial charge in [0.05, 0.1) is 10.8 Å². The van der Waals surface area contributed by atoms with Crippen LogP contribution in [-0.2, 0) is 4.79 Å². The molecule has 5 nitrogen and oxygen atoms in total. The van der Waals surface area contributed by atoms with Crippen LogP contribution in [0.3, 0.4) is 0 Å². The van der Waals surface area contributed by atoms with Crippen LogP contribution in [0.1, 0.15) is 13.0 Å². The van der Waals surface area contributed by atoms with Crippen LogP contribution < -0.4 is 11.1 Å². The molecule has 1 atom stereocenters. The van der Waals surface area contributed by atoms with E-state index >= 15 is 0 Å². The summed E-state index contributed by atoms with van der Waals surface area (Å²) in [5.74, 6) is -1.20. The number of benzene rings is 5. The van der Waals surface area contributed by atoms with Crippen LogP contribution in [-0.4, -0.2) is 15.6 Å². The van der Waals surface area contributed by atoms with Gasteiger partial charge in [0.1, 0.15) is 6.04 Å². The van der Waals surface area contributed by atoms with Gasteiger partial charge in [0.2, 0.25) is 0 Å². The Morgan fingerprint density at radius 1 is 0.769 bits per heavy atom. The number of hydrogen-bond acceptors (Lipinski definition) is 3. The first-order valence-electron chi connectivity index (χ1n) is 8.31. The van der Waals surface area contributed by atoms with E-state index in [4.69, 9.17) is 0 Å². The highest BCUT2D eigenvalue weighted by atomic mass is 16.4. The van der Waals surface area contributed by atoms with E-state index in [0.717, 1.165) is 36.9 Å². The second kappa shape index (κ2) is 4.79. The van der Waals surface area contributed by atoms with E-state index in [9.17, 15) is 19.5 Å². The summed E-state index contributed by atoms with van der Waals surface area (Å²) >= 11 is 0.